The van der Waals surface area contributed by atoms with Crippen LogP contribution >= 0.6 is 0 Å². The highest BCUT2D eigenvalue weighted by Crippen LogP contribution is 2.26. The minimum atomic E-state index is -0.644. The Morgan fingerprint density at radius 2 is 2.09 bits per heavy atom. The van der Waals surface area contributed by atoms with Crippen molar-refractivity contribution in [1.82, 2.24) is 10.3 Å². The molecule has 4 nitrogen and oxygen atoms in total. The maximum atomic E-state index is 12.3. The number of nitrogens with one attached hydrogen (secondary N) is 2. The molecule has 1 fully saturated rings. The molecule has 1 aromatic heterocycles. The predicted molar refractivity (Wildman–Crippen MR) is 89.8 cm³/mol. The van der Waals surface area contributed by atoms with Gasteiger partial charge < -0.3 is 16.0 Å². The number of aryl methyl sites for hydroxylation is 1. The van der Waals surface area contributed by atoms with E-state index in [1.165, 1.54) is 22.9 Å². The zero-order chi connectivity index (χ0) is 15.6. The Bertz CT molecular complexity index is 668. The summed E-state index contributed by atoms with van der Waals surface area (Å²) in [6.45, 7) is 2.76. The predicted octanol–water partition coefficient (Wildman–Crippen LogP) is 2.80. The van der Waals surface area contributed by atoms with Gasteiger partial charge in [-0.3, -0.25) is 4.79 Å². The summed E-state index contributed by atoms with van der Waals surface area (Å²) in [6, 6.07) is 6.26. The fourth-order valence-corrected chi connectivity index (χ4v) is 3.54. The molecule has 0 spiro atoms. The number of carbonyl (C=O) groups is 1. The molecule has 4 heteroatoms. The van der Waals surface area contributed by atoms with Crippen LogP contribution in [-0.2, 0) is 11.2 Å². The van der Waals surface area contributed by atoms with Gasteiger partial charge in [0.2, 0.25) is 5.91 Å². The van der Waals surface area contributed by atoms with Crippen molar-refractivity contribution in [2.75, 3.05) is 6.54 Å². The molecule has 0 atom stereocenters. The minimum absolute atomic E-state index is 0.0174. The van der Waals surface area contributed by atoms with Crippen molar-refractivity contribution in [2.45, 2.75) is 51.0 Å². The van der Waals surface area contributed by atoms with Crippen LogP contribution in [0.15, 0.2) is 24.4 Å². The van der Waals surface area contributed by atoms with E-state index in [4.69, 9.17) is 5.73 Å². The van der Waals surface area contributed by atoms with Gasteiger partial charge in [0.1, 0.15) is 0 Å². The van der Waals surface area contributed by atoms with Crippen molar-refractivity contribution in [1.29, 1.82) is 0 Å². The lowest BCUT2D eigenvalue weighted by atomic mass is 9.82. The standard InChI is InChI=1S/C18H25N3O/c1-13-6-5-7-15-16(13)14(12-21-15)8-11-20-17(22)18(19)9-3-2-4-10-18/h5-7,12,21H,2-4,8-11,19H2,1H3,(H,20,22). The number of carbonyl (C=O) groups excluding carboxylic acids is 1. The summed E-state index contributed by atoms with van der Waals surface area (Å²) in [5, 5.41) is 4.31. The van der Waals surface area contributed by atoms with Crippen molar-refractivity contribution < 1.29 is 4.79 Å². The summed E-state index contributed by atoms with van der Waals surface area (Å²) in [5.74, 6) is 0.0174. The Balaban J connectivity index is 1.61. The summed E-state index contributed by atoms with van der Waals surface area (Å²) < 4.78 is 0. The molecular formula is C18H25N3O. The highest BCUT2D eigenvalue weighted by atomic mass is 16.2. The Morgan fingerprint density at radius 3 is 2.86 bits per heavy atom. The van der Waals surface area contributed by atoms with Gasteiger partial charge in [-0.1, -0.05) is 31.4 Å². The summed E-state index contributed by atoms with van der Waals surface area (Å²) in [6.07, 6.45) is 7.81. The van der Waals surface area contributed by atoms with Crippen LogP contribution in [0.3, 0.4) is 0 Å². The van der Waals surface area contributed by atoms with Crippen molar-refractivity contribution in [3.05, 3.63) is 35.5 Å². The Hall–Kier alpha value is -1.81. The number of amides is 1. The summed E-state index contributed by atoms with van der Waals surface area (Å²) in [5.41, 5.74) is 9.29. The van der Waals surface area contributed by atoms with E-state index in [0.29, 0.717) is 6.54 Å². The molecule has 22 heavy (non-hydrogen) atoms. The van der Waals surface area contributed by atoms with Gasteiger partial charge in [-0.2, -0.15) is 0 Å². The summed E-state index contributed by atoms with van der Waals surface area (Å²) >= 11 is 0. The van der Waals surface area contributed by atoms with Gasteiger partial charge in [0.05, 0.1) is 5.54 Å². The molecule has 4 N–H and O–H groups in total. The molecule has 0 saturated heterocycles. The normalized spacial score (nSPS) is 17.5. The lowest BCUT2D eigenvalue weighted by Gasteiger charge is -2.31. The molecule has 1 saturated carbocycles. The second-order valence-corrected chi connectivity index (χ2v) is 6.53. The number of aromatic nitrogens is 1. The molecule has 0 radical (unpaired) electrons. The zero-order valence-corrected chi connectivity index (χ0v) is 13.2. The molecule has 1 amide bonds. The first-order valence-corrected chi connectivity index (χ1v) is 8.23. The quantitative estimate of drug-likeness (QED) is 0.812. The Labute approximate surface area is 131 Å². The van der Waals surface area contributed by atoms with E-state index in [1.807, 2.05) is 6.20 Å². The smallest absolute Gasteiger partial charge is 0.240 e. The van der Waals surface area contributed by atoms with Gasteiger partial charge in [-0.15, -0.1) is 0 Å². The number of hydrogen-bond donors (Lipinski definition) is 3. The topological polar surface area (TPSA) is 70.9 Å². The van der Waals surface area contributed by atoms with Crippen molar-refractivity contribution >= 4 is 16.8 Å². The van der Waals surface area contributed by atoms with Gasteiger partial charge >= 0.3 is 0 Å². The number of nitrogens with two attached hydrogens (primary N) is 1. The number of H-pyrrole nitrogens is 1. The molecule has 1 aliphatic rings. The monoisotopic (exact) mass is 299 g/mol. The van der Waals surface area contributed by atoms with Gasteiger partial charge in [0, 0.05) is 23.6 Å². The molecular weight excluding hydrogens is 274 g/mol. The number of aromatic amines is 1. The average molecular weight is 299 g/mol. The maximum absolute atomic E-state index is 12.3. The van der Waals surface area contributed by atoms with Crippen molar-refractivity contribution in [3.8, 4) is 0 Å². The molecule has 3 rings (SSSR count). The van der Waals surface area contributed by atoms with Crippen LogP contribution in [0.1, 0.15) is 43.2 Å². The van der Waals surface area contributed by atoms with E-state index in [0.717, 1.165) is 37.6 Å². The van der Waals surface area contributed by atoms with E-state index in [1.54, 1.807) is 0 Å². The average Bonchev–Trinajstić information content (AvgIpc) is 2.92. The second-order valence-electron chi connectivity index (χ2n) is 6.53. The molecule has 1 aliphatic carbocycles. The first kappa shape index (κ1) is 15.1. The van der Waals surface area contributed by atoms with Gasteiger partial charge in [-0.05, 0) is 43.4 Å². The number of benzene rings is 1. The van der Waals surface area contributed by atoms with Crippen LogP contribution in [0.25, 0.3) is 10.9 Å². The number of rotatable bonds is 4. The summed E-state index contributed by atoms with van der Waals surface area (Å²) in [4.78, 5) is 15.6. The van der Waals surface area contributed by atoms with Gasteiger partial charge in [0.25, 0.3) is 0 Å². The van der Waals surface area contributed by atoms with E-state index >= 15 is 0 Å². The van der Waals surface area contributed by atoms with Crippen LogP contribution in [-0.4, -0.2) is 23.0 Å². The first-order valence-electron chi connectivity index (χ1n) is 8.23. The van der Waals surface area contributed by atoms with Gasteiger partial charge in [0.15, 0.2) is 0 Å². The largest absolute Gasteiger partial charge is 0.361 e. The fourth-order valence-electron chi connectivity index (χ4n) is 3.54. The lowest BCUT2D eigenvalue weighted by molar-refractivity contribution is -0.127. The molecule has 0 unspecified atom stereocenters. The van der Waals surface area contributed by atoms with Crippen LogP contribution < -0.4 is 11.1 Å². The van der Waals surface area contributed by atoms with E-state index in [-0.39, 0.29) is 5.91 Å². The van der Waals surface area contributed by atoms with E-state index in [9.17, 15) is 4.79 Å². The SMILES string of the molecule is Cc1cccc2[nH]cc(CCNC(=O)C3(N)CCCCC3)c12. The molecule has 118 valence electrons. The van der Waals surface area contributed by atoms with Crippen LogP contribution in [0.4, 0.5) is 0 Å². The van der Waals surface area contributed by atoms with Crippen molar-refractivity contribution in [2.24, 2.45) is 5.73 Å². The lowest BCUT2D eigenvalue weighted by Crippen LogP contribution is -2.55. The summed E-state index contributed by atoms with van der Waals surface area (Å²) in [7, 11) is 0. The van der Waals surface area contributed by atoms with E-state index in [2.05, 4.69) is 35.4 Å². The molecule has 1 heterocycles. The third kappa shape index (κ3) is 2.88. The molecule has 1 aromatic carbocycles. The minimum Gasteiger partial charge on any atom is -0.361 e. The van der Waals surface area contributed by atoms with Crippen LogP contribution in [0.2, 0.25) is 0 Å². The number of fused-ring (bicyclic) bond motifs is 1. The fraction of sp³-hybridized carbons (Fsp3) is 0.500. The first-order chi connectivity index (χ1) is 10.6. The molecule has 2 aromatic rings. The van der Waals surface area contributed by atoms with Crippen LogP contribution in [0.5, 0.6) is 0 Å². The second kappa shape index (κ2) is 6.13. The Kier molecular flexibility index (Phi) is 4.21. The maximum Gasteiger partial charge on any atom is 0.240 e. The van der Waals surface area contributed by atoms with E-state index < -0.39 is 5.54 Å². The highest BCUT2D eigenvalue weighted by Gasteiger charge is 2.34. The third-order valence-corrected chi connectivity index (χ3v) is 4.87. The number of hydrogen-bond acceptors (Lipinski definition) is 2. The highest BCUT2D eigenvalue weighted by molar-refractivity contribution is 5.87. The third-order valence-electron chi connectivity index (χ3n) is 4.87. The molecule has 0 bridgehead atoms. The molecule has 0 aliphatic heterocycles. The van der Waals surface area contributed by atoms with Crippen molar-refractivity contribution in [3.63, 3.8) is 0 Å². The zero-order valence-electron chi connectivity index (χ0n) is 13.2. The van der Waals surface area contributed by atoms with Gasteiger partial charge in [-0.25, -0.2) is 0 Å². The Morgan fingerprint density at radius 1 is 1.32 bits per heavy atom. The van der Waals surface area contributed by atoms with Crippen LogP contribution in [0, 0.1) is 6.92 Å².